The van der Waals surface area contributed by atoms with Crippen molar-refractivity contribution in [2.45, 2.75) is 6.92 Å². The number of para-hydroxylation sites is 1. The molecule has 1 N–H and O–H groups in total. The molecule has 0 amide bonds. The number of carbonyl (C=O) groups is 1. The van der Waals surface area contributed by atoms with Crippen LogP contribution in [-0.2, 0) is 4.74 Å². The monoisotopic (exact) mass is 352 g/mol. The van der Waals surface area contributed by atoms with Gasteiger partial charge in [0.05, 0.1) is 38.2 Å². The van der Waals surface area contributed by atoms with Crippen molar-refractivity contribution in [3.8, 4) is 11.5 Å². The van der Waals surface area contributed by atoms with Crippen LogP contribution in [0, 0.1) is 6.92 Å². The Morgan fingerprint density at radius 3 is 2.50 bits per heavy atom. The average molecular weight is 352 g/mol. The number of benzene rings is 2. The molecule has 3 rings (SSSR count). The Morgan fingerprint density at radius 2 is 1.81 bits per heavy atom. The molecule has 0 bridgehead atoms. The fourth-order valence-electron chi connectivity index (χ4n) is 2.76. The molecule has 0 saturated carbocycles. The van der Waals surface area contributed by atoms with Gasteiger partial charge in [-0.25, -0.2) is 9.78 Å². The van der Waals surface area contributed by atoms with Gasteiger partial charge in [-0.3, -0.25) is 0 Å². The highest BCUT2D eigenvalue weighted by Crippen LogP contribution is 2.34. The molecule has 0 unspecified atom stereocenters. The molecule has 0 aliphatic rings. The normalized spacial score (nSPS) is 10.5. The highest BCUT2D eigenvalue weighted by Gasteiger charge is 2.15. The molecule has 0 atom stereocenters. The summed E-state index contributed by atoms with van der Waals surface area (Å²) in [4.78, 5) is 16.5. The van der Waals surface area contributed by atoms with Crippen molar-refractivity contribution < 1.29 is 19.0 Å². The summed E-state index contributed by atoms with van der Waals surface area (Å²) in [5.74, 6) is 0.856. The third kappa shape index (κ3) is 3.26. The molecular weight excluding hydrogens is 332 g/mol. The summed E-state index contributed by atoms with van der Waals surface area (Å²) in [7, 11) is 4.54. The Hall–Kier alpha value is -3.28. The predicted molar refractivity (Wildman–Crippen MR) is 101 cm³/mol. The van der Waals surface area contributed by atoms with Crippen LogP contribution in [0.25, 0.3) is 10.9 Å². The van der Waals surface area contributed by atoms with Crippen LogP contribution >= 0.6 is 0 Å². The number of anilines is 2. The average Bonchev–Trinajstić information content (AvgIpc) is 2.67. The summed E-state index contributed by atoms with van der Waals surface area (Å²) in [5.41, 5.74) is 3.38. The number of rotatable bonds is 5. The minimum atomic E-state index is -0.490. The summed E-state index contributed by atoms with van der Waals surface area (Å²) in [6, 6.07) is 13.0. The lowest BCUT2D eigenvalue weighted by Crippen LogP contribution is -2.06. The molecule has 0 saturated heterocycles. The van der Waals surface area contributed by atoms with Crippen LogP contribution in [0.3, 0.4) is 0 Å². The third-order valence-electron chi connectivity index (χ3n) is 4.11. The topological polar surface area (TPSA) is 69.7 Å². The first-order valence-electron chi connectivity index (χ1n) is 8.05. The number of nitrogens with zero attached hydrogens (tertiary/aromatic N) is 1. The van der Waals surface area contributed by atoms with Crippen LogP contribution in [0.5, 0.6) is 11.5 Å². The van der Waals surface area contributed by atoms with E-state index in [1.54, 1.807) is 20.3 Å². The molecule has 0 aliphatic heterocycles. The van der Waals surface area contributed by atoms with Crippen molar-refractivity contribution in [1.29, 1.82) is 0 Å². The number of pyridine rings is 1. The number of methoxy groups -OCH3 is 3. The quantitative estimate of drug-likeness (QED) is 0.698. The van der Waals surface area contributed by atoms with E-state index in [2.05, 4.69) is 10.3 Å². The zero-order chi connectivity index (χ0) is 18.7. The number of aryl methyl sites for hydroxylation is 1. The maximum absolute atomic E-state index is 12.0. The van der Waals surface area contributed by atoms with Crippen molar-refractivity contribution in [2.75, 3.05) is 26.6 Å². The van der Waals surface area contributed by atoms with Crippen LogP contribution in [0.2, 0.25) is 0 Å². The summed E-state index contributed by atoms with van der Waals surface area (Å²) < 4.78 is 15.6. The van der Waals surface area contributed by atoms with E-state index in [9.17, 15) is 4.79 Å². The van der Waals surface area contributed by atoms with Crippen LogP contribution in [0.1, 0.15) is 16.1 Å². The van der Waals surface area contributed by atoms with Crippen molar-refractivity contribution in [2.24, 2.45) is 0 Å². The molecule has 3 aromatic rings. The van der Waals surface area contributed by atoms with Gasteiger partial charge >= 0.3 is 5.97 Å². The molecule has 0 spiro atoms. The summed E-state index contributed by atoms with van der Waals surface area (Å²) in [6.07, 6.45) is 0. The molecule has 6 heteroatoms. The zero-order valence-electron chi connectivity index (χ0n) is 15.1. The van der Waals surface area contributed by atoms with E-state index in [-0.39, 0.29) is 5.69 Å². The molecule has 134 valence electrons. The fourth-order valence-corrected chi connectivity index (χ4v) is 2.76. The molecule has 2 aromatic carbocycles. The highest BCUT2D eigenvalue weighted by atomic mass is 16.5. The van der Waals surface area contributed by atoms with E-state index in [4.69, 9.17) is 14.2 Å². The Kier molecular flexibility index (Phi) is 4.93. The van der Waals surface area contributed by atoms with Gasteiger partial charge in [-0.1, -0.05) is 18.2 Å². The Morgan fingerprint density at radius 1 is 1.00 bits per heavy atom. The second-order valence-corrected chi connectivity index (χ2v) is 5.71. The van der Waals surface area contributed by atoms with Crippen molar-refractivity contribution in [3.05, 3.63) is 53.7 Å². The van der Waals surface area contributed by atoms with E-state index in [0.717, 1.165) is 27.8 Å². The molecule has 6 nitrogen and oxygen atoms in total. The Labute approximate surface area is 151 Å². The second-order valence-electron chi connectivity index (χ2n) is 5.71. The molecule has 0 radical (unpaired) electrons. The Bertz CT molecular complexity index is 969. The number of hydrogen-bond acceptors (Lipinski definition) is 6. The SMILES string of the molecule is COC(=O)c1cc(Nc2cc(OC)ccc2OC)c2cccc(C)c2n1. The van der Waals surface area contributed by atoms with Gasteiger partial charge in [0.25, 0.3) is 0 Å². The number of ether oxygens (including phenoxy) is 3. The van der Waals surface area contributed by atoms with Crippen molar-refractivity contribution >= 4 is 28.2 Å². The lowest BCUT2D eigenvalue weighted by atomic mass is 10.1. The lowest BCUT2D eigenvalue weighted by Gasteiger charge is -2.15. The van der Waals surface area contributed by atoms with Gasteiger partial charge < -0.3 is 19.5 Å². The third-order valence-corrected chi connectivity index (χ3v) is 4.11. The highest BCUT2D eigenvalue weighted by molar-refractivity contribution is 6.00. The predicted octanol–water partition coefficient (Wildman–Crippen LogP) is 4.09. The lowest BCUT2D eigenvalue weighted by molar-refractivity contribution is 0.0594. The van der Waals surface area contributed by atoms with Gasteiger partial charge in [-0.15, -0.1) is 0 Å². The number of esters is 1. The molecule has 1 aromatic heterocycles. The second kappa shape index (κ2) is 7.31. The van der Waals surface area contributed by atoms with E-state index in [1.165, 1.54) is 7.11 Å². The van der Waals surface area contributed by atoms with Gasteiger partial charge in [0.1, 0.15) is 11.5 Å². The van der Waals surface area contributed by atoms with E-state index in [0.29, 0.717) is 11.5 Å². The zero-order valence-corrected chi connectivity index (χ0v) is 15.1. The maximum atomic E-state index is 12.0. The molecule has 1 heterocycles. The van der Waals surface area contributed by atoms with E-state index >= 15 is 0 Å². The minimum absolute atomic E-state index is 0.235. The largest absolute Gasteiger partial charge is 0.497 e. The van der Waals surface area contributed by atoms with Crippen LogP contribution in [-0.4, -0.2) is 32.3 Å². The van der Waals surface area contributed by atoms with Crippen LogP contribution in [0.15, 0.2) is 42.5 Å². The van der Waals surface area contributed by atoms with Crippen LogP contribution in [0.4, 0.5) is 11.4 Å². The van der Waals surface area contributed by atoms with Gasteiger partial charge in [0, 0.05) is 11.5 Å². The molecule has 0 aliphatic carbocycles. The van der Waals surface area contributed by atoms with Crippen molar-refractivity contribution in [1.82, 2.24) is 4.98 Å². The fraction of sp³-hybridized carbons (Fsp3) is 0.200. The van der Waals surface area contributed by atoms with Gasteiger partial charge in [0.15, 0.2) is 5.69 Å². The summed E-state index contributed by atoms with van der Waals surface area (Å²) in [6.45, 7) is 1.95. The number of hydrogen-bond donors (Lipinski definition) is 1. The maximum Gasteiger partial charge on any atom is 0.356 e. The number of nitrogens with one attached hydrogen (secondary N) is 1. The van der Waals surface area contributed by atoms with Crippen molar-refractivity contribution in [3.63, 3.8) is 0 Å². The number of carbonyl (C=O) groups excluding carboxylic acids is 1. The first-order valence-corrected chi connectivity index (χ1v) is 8.05. The van der Waals surface area contributed by atoms with Gasteiger partial charge in [0.2, 0.25) is 0 Å². The van der Waals surface area contributed by atoms with Gasteiger partial charge in [-0.05, 0) is 30.7 Å². The number of fused-ring (bicyclic) bond motifs is 1. The minimum Gasteiger partial charge on any atom is -0.497 e. The molecule has 0 fully saturated rings. The summed E-state index contributed by atoms with van der Waals surface area (Å²) >= 11 is 0. The van der Waals surface area contributed by atoms with E-state index < -0.39 is 5.97 Å². The standard InChI is InChI=1S/C20H20N2O4/c1-12-6-5-7-14-15(11-17(20(23)26-4)22-19(12)14)21-16-10-13(24-2)8-9-18(16)25-3/h5-11H,1-4H3,(H,21,22). The van der Waals surface area contributed by atoms with E-state index in [1.807, 2.05) is 43.3 Å². The molecular formula is C20H20N2O4. The Balaban J connectivity index is 2.18. The van der Waals surface area contributed by atoms with Gasteiger partial charge in [-0.2, -0.15) is 0 Å². The molecule has 26 heavy (non-hydrogen) atoms. The smallest absolute Gasteiger partial charge is 0.356 e. The summed E-state index contributed by atoms with van der Waals surface area (Å²) in [5, 5.41) is 4.23. The first-order chi connectivity index (χ1) is 12.6. The number of aromatic nitrogens is 1. The van der Waals surface area contributed by atoms with Crippen LogP contribution < -0.4 is 14.8 Å². The first kappa shape index (κ1) is 17.5.